The first-order valence-corrected chi connectivity index (χ1v) is 14.2. The van der Waals surface area contributed by atoms with Crippen molar-refractivity contribution in [2.45, 2.75) is 43.1 Å². The van der Waals surface area contributed by atoms with Gasteiger partial charge in [0.15, 0.2) is 0 Å². The van der Waals surface area contributed by atoms with Gasteiger partial charge in [0.05, 0.1) is 24.8 Å². The van der Waals surface area contributed by atoms with Crippen molar-refractivity contribution in [3.8, 4) is 0 Å². The van der Waals surface area contributed by atoms with E-state index in [9.17, 15) is 40.3 Å². The number of alkyl halides is 3. The van der Waals surface area contributed by atoms with Crippen molar-refractivity contribution in [1.29, 1.82) is 0 Å². The van der Waals surface area contributed by atoms with Gasteiger partial charge in [-0.2, -0.15) is 13.2 Å². The largest absolute Gasteiger partial charge is 0.448 e. The Labute approximate surface area is 259 Å². The highest BCUT2D eigenvalue weighted by molar-refractivity contribution is 5.96. The van der Waals surface area contributed by atoms with Gasteiger partial charge in [-0.05, 0) is 60.4 Å². The number of morpholine rings is 1. The van der Waals surface area contributed by atoms with Crippen LogP contribution in [0.15, 0.2) is 60.7 Å². The number of rotatable bonds is 11. The van der Waals surface area contributed by atoms with Crippen LogP contribution in [0.3, 0.4) is 0 Å². The summed E-state index contributed by atoms with van der Waals surface area (Å²) in [4.78, 5) is 24.8. The second-order valence-corrected chi connectivity index (χ2v) is 10.7. The summed E-state index contributed by atoms with van der Waals surface area (Å²) in [6.07, 6.45) is -5.79. The summed E-state index contributed by atoms with van der Waals surface area (Å²) in [7, 11) is 0. The summed E-state index contributed by atoms with van der Waals surface area (Å²) < 4.78 is 104. The fourth-order valence-corrected chi connectivity index (χ4v) is 4.99. The maximum Gasteiger partial charge on any atom is 0.407 e. The fraction of sp³-hybridized carbons (Fsp3) is 0.355. The van der Waals surface area contributed by atoms with Crippen LogP contribution < -0.4 is 21.7 Å². The van der Waals surface area contributed by atoms with E-state index in [0.29, 0.717) is 18.1 Å². The number of halogens is 7. The SMILES string of the molecule is N[C@H](C(=O)Nc1cccc(F)c1CC[C@@H]1CN[C@H](COC(=O)NCC(F)(F)F)CO1)C(c1ccc(F)cc1)c1cc(F)cc(F)c1. The van der Waals surface area contributed by atoms with Crippen LogP contribution in [-0.4, -0.2) is 62.7 Å². The van der Waals surface area contributed by atoms with Gasteiger partial charge < -0.3 is 31.2 Å². The Balaban J connectivity index is 1.37. The van der Waals surface area contributed by atoms with Crippen LogP contribution in [0.2, 0.25) is 0 Å². The molecule has 8 nitrogen and oxygen atoms in total. The molecular weight excluding hydrogens is 625 g/mol. The number of hydrogen-bond acceptors (Lipinski definition) is 6. The highest BCUT2D eigenvalue weighted by Crippen LogP contribution is 2.30. The lowest BCUT2D eigenvalue weighted by Gasteiger charge is -2.30. The predicted molar refractivity (Wildman–Crippen MR) is 153 cm³/mol. The topological polar surface area (TPSA) is 115 Å². The number of alkyl carbamates (subject to hydrolysis) is 1. The first-order valence-electron chi connectivity index (χ1n) is 14.2. The number of carbonyl (C=O) groups is 2. The van der Waals surface area contributed by atoms with Crippen LogP contribution in [0.5, 0.6) is 0 Å². The Bertz CT molecular complexity index is 1480. The number of nitrogens with one attached hydrogen (secondary N) is 3. The minimum absolute atomic E-state index is 0.0406. The lowest BCUT2D eigenvalue weighted by Crippen LogP contribution is -2.49. The molecular formula is C31H31F7N4O4. The summed E-state index contributed by atoms with van der Waals surface area (Å²) >= 11 is 0. The van der Waals surface area contributed by atoms with Gasteiger partial charge in [0.25, 0.3) is 0 Å². The fourth-order valence-electron chi connectivity index (χ4n) is 4.99. The van der Waals surface area contributed by atoms with Gasteiger partial charge in [-0.15, -0.1) is 0 Å². The van der Waals surface area contributed by atoms with Gasteiger partial charge in [0, 0.05) is 29.8 Å². The van der Waals surface area contributed by atoms with Crippen molar-refractivity contribution >= 4 is 17.7 Å². The van der Waals surface area contributed by atoms with Gasteiger partial charge in [0.2, 0.25) is 5.91 Å². The Kier molecular flexibility index (Phi) is 11.6. The van der Waals surface area contributed by atoms with Crippen LogP contribution in [0.25, 0.3) is 0 Å². The molecule has 248 valence electrons. The van der Waals surface area contributed by atoms with E-state index in [1.165, 1.54) is 30.3 Å². The maximum atomic E-state index is 15.0. The molecule has 2 amide bonds. The van der Waals surface area contributed by atoms with Crippen molar-refractivity contribution in [3.05, 3.63) is 101 Å². The lowest BCUT2D eigenvalue weighted by molar-refractivity contribution is -0.124. The Morgan fingerprint density at radius 1 is 0.978 bits per heavy atom. The minimum Gasteiger partial charge on any atom is -0.448 e. The molecule has 4 atom stereocenters. The molecule has 1 heterocycles. The molecule has 5 N–H and O–H groups in total. The molecule has 1 saturated heterocycles. The van der Waals surface area contributed by atoms with Gasteiger partial charge in [-0.1, -0.05) is 18.2 Å². The van der Waals surface area contributed by atoms with E-state index in [2.05, 4.69) is 10.6 Å². The zero-order valence-electron chi connectivity index (χ0n) is 24.2. The minimum atomic E-state index is -4.57. The molecule has 0 aromatic heterocycles. The van der Waals surface area contributed by atoms with E-state index in [1.54, 1.807) is 5.32 Å². The van der Waals surface area contributed by atoms with E-state index >= 15 is 0 Å². The Morgan fingerprint density at radius 3 is 2.30 bits per heavy atom. The van der Waals surface area contributed by atoms with Crippen molar-refractivity contribution in [2.75, 3.05) is 31.6 Å². The molecule has 15 heteroatoms. The van der Waals surface area contributed by atoms with Crippen LogP contribution in [0, 0.1) is 23.3 Å². The monoisotopic (exact) mass is 656 g/mol. The number of benzene rings is 3. The third kappa shape index (κ3) is 9.89. The molecule has 0 spiro atoms. The van der Waals surface area contributed by atoms with Crippen LogP contribution in [0.1, 0.15) is 29.0 Å². The van der Waals surface area contributed by atoms with E-state index < -0.39 is 72.1 Å². The van der Waals surface area contributed by atoms with Crippen molar-refractivity contribution in [3.63, 3.8) is 0 Å². The number of amides is 2. The van der Waals surface area contributed by atoms with Crippen molar-refractivity contribution in [1.82, 2.24) is 10.6 Å². The molecule has 46 heavy (non-hydrogen) atoms. The maximum absolute atomic E-state index is 15.0. The van der Waals surface area contributed by atoms with Gasteiger partial charge in [-0.25, -0.2) is 22.4 Å². The molecule has 0 saturated carbocycles. The standard InChI is InChI=1S/C31H31F7N4O4/c32-19-6-4-17(5-7-19)27(18-10-20(33)12-21(34)11-18)28(39)29(43)42-26-3-1-2-25(35)24(26)9-8-23-13-40-22(14-45-23)15-46-30(44)41-16-31(36,37)38/h1-7,10-12,22-23,27-28,40H,8-9,13-16,39H2,(H,41,44)(H,42,43)/t22-,23+,27?,28-/m0/s1. The molecule has 0 aliphatic carbocycles. The first-order chi connectivity index (χ1) is 21.8. The van der Waals surface area contributed by atoms with E-state index in [4.69, 9.17) is 15.2 Å². The Morgan fingerprint density at radius 2 is 1.67 bits per heavy atom. The summed E-state index contributed by atoms with van der Waals surface area (Å²) in [5.41, 5.74) is 6.95. The zero-order chi connectivity index (χ0) is 33.4. The average Bonchev–Trinajstić information content (AvgIpc) is 2.99. The van der Waals surface area contributed by atoms with E-state index in [0.717, 1.165) is 24.3 Å². The number of anilines is 1. The van der Waals surface area contributed by atoms with Crippen molar-refractivity contribution < 1.29 is 49.8 Å². The molecule has 3 aromatic carbocycles. The second-order valence-electron chi connectivity index (χ2n) is 10.7. The number of ether oxygens (including phenoxy) is 2. The van der Waals surface area contributed by atoms with Gasteiger partial charge in [-0.3, -0.25) is 4.79 Å². The highest BCUT2D eigenvalue weighted by Gasteiger charge is 2.31. The molecule has 1 fully saturated rings. The lowest BCUT2D eigenvalue weighted by atomic mass is 9.84. The number of carbonyl (C=O) groups excluding carboxylic acids is 2. The van der Waals surface area contributed by atoms with E-state index in [-0.39, 0.29) is 43.0 Å². The summed E-state index contributed by atoms with van der Waals surface area (Å²) in [6, 6.07) is 9.81. The molecule has 4 rings (SSSR count). The molecule has 1 unspecified atom stereocenters. The predicted octanol–water partition coefficient (Wildman–Crippen LogP) is 4.92. The zero-order valence-corrected chi connectivity index (χ0v) is 24.2. The first kappa shape index (κ1) is 34.7. The number of hydrogen-bond donors (Lipinski definition) is 4. The van der Waals surface area contributed by atoms with Crippen LogP contribution in [0.4, 0.5) is 41.2 Å². The third-order valence-corrected chi connectivity index (χ3v) is 7.24. The molecule has 0 bridgehead atoms. The molecule has 1 aliphatic heterocycles. The van der Waals surface area contributed by atoms with Crippen LogP contribution in [-0.2, 0) is 20.7 Å². The quantitative estimate of drug-likeness (QED) is 0.218. The van der Waals surface area contributed by atoms with Crippen LogP contribution >= 0.6 is 0 Å². The number of nitrogens with two attached hydrogens (primary N) is 1. The van der Waals surface area contributed by atoms with Gasteiger partial charge >= 0.3 is 12.3 Å². The second kappa shape index (κ2) is 15.4. The van der Waals surface area contributed by atoms with Crippen molar-refractivity contribution in [2.24, 2.45) is 5.73 Å². The smallest absolute Gasteiger partial charge is 0.407 e. The third-order valence-electron chi connectivity index (χ3n) is 7.24. The highest BCUT2D eigenvalue weighted by atomic mass is 19.4. The Hall–Kier alpha value is -4.21. The molecule has 3 aromatic rings. The summed E-state index contributed by atoms with van der Waals surface area (Å²) in [5, 5.41) is 7.26. The average molecular weight is 657 g/mol. The molecule has 1 aliphatic rings. The summed E-state index contributed by atoms with van der Waals surface area (Å²) in [6.45, 7) is -1.42. The van der Waals surface area contributed by atoms with Gasteiger partial charge in [0.1, 0.15) is 36.4 Å². The summed E-state index contributed by atoms with van der Waals surface area (Å²) in [5.74, 6) is -4.85. The molecule has 0 radical (unpaired) electrons. The normalized spacial score (nSPS) is 18.0. The van der Waals surface area contributed by atoms with E-state index in [1.807, 2.05) is 0 Å².